The van der Waals surface area contributed by atoms with Crippen LogP contribution in [0.1, 0.15) is 97.3 Å². The summed E-state index contributed by atoms with van der Waals surface area (Å²) in [6.07, 6.45) is 15.4. The number of Topliss-reactive ketones (excluding diaryl/α,β-unsaturated/α-hetero) is 1. The van der Waals surface area contributed by atoms with Crippen LogP contribution < -0.4 is 0 Å². The summed E-state index contributed by atoms with van der Waals surface area (Å²) in [5.41, 5.74) is -0.466. The zero-order valence-electron chi connectivity index (χ0n) is 17.4. The minimum atomic E-state index is -0.706. The van der Waals surface area contributed by atoms with E-state index in [1.54, 1.807) is 6.92 Å². The summed E-state index contributed by atoms with van der Waals surface area (Å²) in [5, 5.41) is 11.0. The molecule has 27 heavy (non-hydrogen) atoms. The number of hydrogen-bond acceptors (Lipinski definition) is 2. The number of ketones is 1. The molecule has 0 aromatic heterocycles. The maximum atomic E-state index is 12.1. The van der Waals surface area contributed by atoms with Crippen LogP contribution in [0, 0.1) is 46.8 Å². The van der Waals surface area contributed by atoms with Gasteiger partial charge in [0.2, 0.25) is 0 Å². The fourth-order valence-electron chi connectivity index (χ4n) is 6.80. The van der Waals surface area contributed by atoms with Crippen molar-refractivity contribution in [1.29, 1.82) is 0 Å². The molecular formula is C25H38O2. The Bertz CT molecular complexity index is 624. The summed E-state index contributed by atoms with van der Waals surface area (Å²) in [6, 6.07) is 0. The molecule has 0 saturated heterocycles. The molecule has 150 valence electrons. The molecule has 0 amide bonds. The molecule has 0 bridgehead atoms. The van der Waals surface area contributed by atoms with Crippen molar-refractivity contribution >= 4 is 5.78 Å². The third kappa shape index (κ3) is 4.29. The van der Waals surface area contributed by atoms with Crippen LogP contribution in [0.2, 0.25) is 0 Å². The van der Waals surface area contributed by atoms with Crippen LogP contribution in [0.25, 0.3) is 0 Å². The molecule has 1 N–H and O–H groups in total. The molecule has 4 saturated carbocycles. The highest BCUT2D eigenvalue weighted by Crippen LogP contribution is 2.52. The van der Waals surface area contributed by atoms with Gasteiger partial charge in [-0.15, -0.1) is 0 Å². The topological polar surface area (TPSA) is 37.3 Å². The smallest absolute Gasteiger partial charge is 0.133 e. The molecule has 0 spiro atoms. The Labute approximate surface area is 165 Å². The van der Waals surface area contributed by atoms with E-state index >= 15 is 0 Å². The number of carbonyl (C=O) groups excluding carboxylic acids is 1. The van der Waals surface area contributed by atoms with Crippen LogP contribution >= 0.6 is 0 Å². The lowest BCUT2D eigenvalue weighted by molar-refractivity contribution is -0.123. The summed E-state index contributed by atoms with van der Waals surface area (Å²) in [5.74, 6) is 10.1. The maximum absolute atomic E-state index is 12.1. The largest absolute Gasteiger partial charge is 0.378 e. The Morgan fingerprint density at radius 2 is 1.89 bits per heavy atom. The van der Waals surface area contributed by atoms with Gasteiger partial charge in [-0.1, -0.05) is 44.4 Å². The predicted molar refractivity (Wildman–Crippen MR) is 109 cm³/mol. The second-order valence-corrected chi connectivity index (χ2v) is 10.7. The molecule has 2 heteroatoms. The third-order valence-corrected chi connectivity index (χ3v) is 8.60. The minimum absolute atomic E-state index is 0.240. The van der Waals surface area contributed by atoms with Crippen LogP contribution in [0.3, 0.4) is 0 Å². The van der Waals surface area contributed by atoms with Crippen molar-refractivity contribution in [3.05, 3.63) is 0 Å². The second kappa shape index (κ2) is 7.55. The van der Waals surface area contributed by atoms with Crippen molar-refractivity contribution < 1.29 is 9.90 Å². The molecule has 4 fully saturated rings. The molecule has 0 heterocycles. The van der Waals surface area contributed by atoms with Crippen molar-refractivity contribution in [2.24, 2.45) is 35.0 Å². The summed E-state index contributed by atoms with van der Waals surface area (Å²) in [7, 11) is 0. The van der Waals surface area contributed by atoms with E-state index in [1.807, 2.05) is 0 Å². The molecular weight excluding hydrogens is 332 g/mol. The molecule has 0 aliphatic heterocycles. The zero-order valence-corrected chi connectivity index (χ0v) is 17.4. The van der Waals surface area contributed by atoms with E-state index in [-0.39, 0.29) is 5.41 Å². The Morgan fingerprint density at radius 3 is 2.63 bits per heavy atom. The van der Waals surface area contributed by atoms with Crippen molar-refractivity contribution in [2.75, 3.05) is 0 Å². The Hall–Kier alpha value is -0.810. The molecule has 0 radical (unpaired) electrons. The van der Waals surface area contributed by atoms with Gasteiger partial charge in [0.15, 0.2) is 0 Å². The average molecular weight is 371 g/mol. The van der Waals surface area contributed by atoms with Crippen LogP contribution in [-0.2, 0) is 4.79 Å². The molecule has 6 unspecified atom stereocenters. The van der Waals surface area contributed by atoms with Gasteiger partial charge >= 0.3 is 0 Å². The third-order valence-electron chi connectivity index (χ3n) is 8.60. The molecule has 4 rings (SSSR count). The number of hydrogen-bond donors (Lipinski definition) is 1. The van der Waals surface area contributed by atoms with Crippen LogP contribution in [-0.4, -0.2) is 16.5 Å². The monoisotopic (exact) mass is 370 g/mol. The lowest BCUT2D eigenvalue weighted by Gasteiger charge is -2.46. The van der Waals surface area contributed by atoms with Gasteiger partial charge in [-0.2, -0.15) is 0 Å². The van der Waals surface area contributed by atoms with Crippen LogP contribution in [0.15, 0.2) is 0 Å². The number of aliphatic hydroxyl groups is 1. The van der Waals surface area contributed by atoms with Gasteiger partial charge in [0.1, 0.15) is 11.4 Å². The van der Waals surface area contributed by atoms with Crippen LogP contribution in [0.5, 0.6) is 0 Å². The van der Waals surface area contributed by atoms with Crippen molar-refractivity contribution in [1.82, 2.24) is 0 Å². The summed E-state index contributed by atoms with van der Waals surface area (Å²) < 4.78 is 0. The highest BCUT2D eigenvalue weighted by atomic mass is 16.3. The quantitative estimate of drug-likeness (QED) is 0.661. The van der Waals surface area contributed by atoms with Gasteiger partial charge in [-0.25, -0.2) is 0 Å². The first-order valence-electron chi connectivity index (χ1n) is 11.6. The van der Waals surface area contributed by atoms with E-state index in [2.05, 4.69) is 18.8 Å². The van der Waals surface area contributed by atoms with Gasteiger partial charge in [-0.05, 0) is 87.9 Å². The Balaban J connectivity index is 1.36. The predicted octanol–water partition coefficient (Wildman–Crippen LogP) is 5.52. The van der Waals surface area contributed by atoms with E-state index in [0.717, 1.165) is 37.5 Å². The van der Waals surface area contributed by atoms with E-state index in [4.69, 9.17) is 0 Å². The first-order chi connectivity index (χ1) is 12.9. The fourth-order valence-corrected chi connectivity index (χ4v) is 6.80. The van der Waals surface area contributed by atoms with Gasteiger partial charge in [0.25, 0.3) is 0 Å². The van der Waals surface area contributed by atoms with Gasteiger partial charge in [0, 0.05) is 11.8 Å². The van der Waals surface area contributed by atoms with Crippen molar-refractivity contribution in [3.63, 3.8) is 0 Å². The van der Waals surface area contributed by atoms with Crippen molar-refractivity contribution in [2.45, 2.75) is 103 Å². The molecule has 4 aliphatic rings. The first kappa shape index (κ1) is 19.5. The Kier molecular flexibility index (Phi) is 5.45. The van der Waals surface area contributed by atoms with Gasteiger partial charge < -0.3 is 5.11 Å². The van der Waals surface area contributed by atoms with E-state index < -0.39 is 5.60 Å². The highest BCUT2D eigenvalue weighted by Gasteiger charge is 2.45. The number of rotatable bonds is 4. The molecule has 0 aromatic rings. The van der Waals surface area contributed by atoms with Gasteiger partial charge in [-0.3, -0.25) is 4.79 Å². The normalized spacial score (nSPS) is 44.3. The SMILES string of the molecule is CC(=O)C1CCCC1(C)CCC1CCCC2CC(O)(C#CC3CC3)CCC12. The minimum Gasteiger partial charge on any atom is -0.378 e. The number of carbonyl (C=O) groups is 1. The van der Waals surface area contributed by atoms with Crippen LogP contribution in [0.4, 0.5) is 0 Å². The zero-order chi connectivity index (χ0) is 19.1. The second-order valence-electron chi connectivity index (χ2n) is 10.7. The highest BCUT2D eigenvalue weighted by molar-refractivity contribution is 5.79. The van der Waals surface area contributed by atoms with E-state index in [9.17, 15) is 9.90 Å². The first-order valence-corrected chi connectivity index (χ1v) is 11.6. The summed E-state index contributed by atoms with van der Waals surface area (Å²) in [6.45, 7) is 4.18. The average Bonchev–Trinajstić information content (AvgIpc) is 3.38. The lowest BCUT2D eigenvalue weighted by atomic mass is 9.60. The Morgan fingerprint density at radius 1 is 1.07 bits per heavy atom. The molecule has 4 aliphatic carbocycles. The van der Waals surface area contributed by atoms with E-state index in [0.29, 0.717) is 23.5 Å². The molecule has 0 aromatic carbocycles. The van der Waals surface area contributed by atoms with Crippen molar-refractivity contribution in [3.8, 4) is 11.8 Å². The molecule has 6 atom stereocenters. The standard InChI is InChI=1S/C25H38O2/c1-18(26)23-7-4-13-24(23,2)14-11-20-5-3-6-21-17-25(27,16-12-22(20)21)15-10-19-8-9-19/h19-23,27H,3-9,11-14,16-17H2,1-2H3. The fraction of sp³-hybridized carbons (Fsp3) is 0.880. The number of fused-ring (bicyclic) bond motifs is 1. The van der Waals surface area contributed by atoms with Gasteiger partial charge in [0.05, 0.1) is 0 Å². The summed E-state index contributed by atoms with van der Waals surface area (Å²) in [4.78, 5) is 12.1. The lowest BCUT2D eigenvalue weighted by Crippen LogP contribution is -2.42. The summed E-state index contributed by atoms with van der Waals surface area (Å²) >= 11 is 0. The molecule has 2 nitrogen and oxygen atoms in total. The maximum Gasteiger partial charge on any atom is 0.133 e. The van der Waals surface area contributed by atoms with E-state index in [1.165, 1.54) is 57.8 Å².